The average Bonchev–Trinajstić information content (AvgIpc) is 2.37. The molecule has 4 heteroatoms. The summed E-state index contributed by atoms with van der Waals surface area (Å²) in [6.45, 7) is 3.42. The predicted molar refractivity (Wildman–Crippen MR) is 62.1 cm³/mol. The molecule has 0 bridgehead atoms. The predicted octanol–water partition coefficient (Wildman–Crippen LogP) is 1.58. The highest BCUT2D eigenvalue weighted by Crippen LogP contribution is 2.12. The van der Waals surface area contributed by atoms with Gasteiger partial charge < -0.3 is 4.74 Å². The molecule has 88 valence electrons. The van der Waals surface area contributed by atoms with Crippen molar-refractivity contribution in [2.45, 2.75) is 6.42 Å². The topological polar surface area (TPSA) is 60.4 Å². The minimum Gasteiger partial charge on any atom is -0.462 e. The van der Waals surface area contributed by atoms with Crippen LogP contribution in [0.5, 0.6) is 0 Å². The zero-order valence-electron chi connectivity index (χ0n) is 9.22. The van der Waals surface area contributed by atoms with Crippen molar-refractivity contribution in [2.75, 3.05) is 6.61 Å². The highest BCUT2D eigenvalue weighted by molar-refractivity contribution is 5.91. The van der Waals surface area contributed by atoms with E-state index in [1.807, 2.05) is 0 Å². The van der Waals surface area contributed by atoms with Crippen LogP contribution in [0.25, 0.3) is 0 Å². The third-order valence-corrected chi connectivity index (χ3v) is 2.26. The minimum atomic E-state index is -0.510. The number of carbonyl (C=O) groups excluding carboxylic acids is 3. The minimum absolute atomic E-state index is 0.147. The van der Waals surface area contributed by atoms with Gasteiger partial charge in [0.25, 0.3) is 0 Å². The van der Waals surface area contributed by atoms with Crippen molar-refractivity contribution in [3.63, 3.8) is 0 Å². The number of rotatable bonds is 6. The van der Waals surface area contributed by atoms with Gasteiger partial charge in [-0.15, -0.1) is 0 Å². The Morgan fingerprint density at radius 3 is 2.65 bits per heavy atom. The Labute approximate surface area is 98.9 Å². The van der Waals surface area contributed by atoms with E-state index in [0.29, 0.717) is 35.7 Å². The molecule has 0 saturated carbocycles. The maximum Gasteiger partial charge on any atom is 0.330 e. The second-order valence-electron chi connectivity index (χ2n) is 3.28. The van der Waals surface area contributed by atoms with Crippen LogP contribution in [0.15, 0.2) is 30.9 Å². The van der Waals surface area contributed by atoms with Crippen molar-refractivity contribution in [3.05, 3.63) is 47.5 Å². The zero-order chi connectivity index (χ0) is 12.7. The molecule has 0 atom stereocenters. The Hall–Kier alpha value is -2.23. The van der Waals surface area contributed by atoms with Crippen LogP contribution >= 0.6 is 0 Å². The average molecular weight is 232 g/mol. The number of hydrogen-bond donors (Lipinski definition) is 0. The van der Waals surface area contributed by atoms with Gasteiger partial charge in [0, 0.05) is 23.6 Å². The lowest BCUT2D eigenvalue weighted by atomic mass is 10.0. The molecule has 0 N–H and O–H groups in total. The smallest absolute Gasteiger partial charge is 0.330 e. The zero-order valence-corrected chi connectivity index (χ0v) is 9.22. The van der Waals surface area contributed by atoms with Crippen LogP contribution < -0.4 is 0 Å². The van der Waals surface area contributed by atoms with Gasteiger partial charge in [-0.3, -0.25) is 9.59 Å². The van der Waals surface area contributed by atoms with Crippen molar-refractivity contribution in [1.29, 1.82) is 0 Å². The van der Waals surface area contributed by atoms with E-state index in [0.717, 1.165) is 6.08 Å². The first-order chi connectivity index (χ1) is 8.22. The lowest BCUT2D eigenvalue weighted by Crippen LogP contribution is -2.07. The number of carbonyl (C=O) groups is 3. The lowest BCUT2D eigenvalue weighted by Gasteiger charge is -2.06. The number of esters is 1. The van der Waals surface area contributed by atoms with Crippen LogP contribution in [-0.2, 0) is 16.0 Å². The summed E-state index contributed by atoms with van der Waals surface area (Å²) in [5.41, 5.74) is 1.37. The molecule has 17 heavy (non-hydrogen) atoms. The van der Waals surface area contributed by atoms with Gasteiger partial charge in [0.15, 0.2) is 12.6 Å². The van der Waals surface area contributed by atoms with E-state index >= 15 is 0 Å². The summed E-state index contributed by atoms with van der Waals surface area (Å²) in [7, 11) is 0. The lowest BCUT2D eigenvalue weighted by molar-refractivity contribution is -0.137. The summed E-state index contributed by atoms with van der Waals surface area (Å²) in [6.07, 6.45) is 2.72. The quantitative estimate of drug-likeness (QED) is 0.424. The van der Waals surface area contributed by atoms with Gasteiger partial charge >= 0.3 is 5.97 Å². The summed E-state index contributed by atoms with van der Waals surface area (Å²) in [5, 5.41) is 0. The summed E-state index contributed by atoms with van der Waals surface area (Å²) in [5.74, 6) is -0.510. The monoisotopic (exact) mass is 232 g/mol. The molecular formula is C13H12O4. The van der Waals surface area contributed by atoms with Gasteiger partial charge in [-0.25, -0.2) is 4.79 Å². The Bertz CT molecular complexity index is 449. The van der Waals surface area contributed by atoms with Crippen molar-refractivity contribution < 1.29 is 19.1 Å². The molecule has 4 nitrogen and oxygen atoms in total. The van der Waals surface area contributed by atoms with Gasteiger partial charge in [-0.2, -0.15) is 0 Å². The highest BCUT2D eigenvalue weighted by Gasteiger charge is 2.07. The second-order valence-corrected chi connectivity index (χ2v) is 3.28. The Kier molecular flexibility index (Phi) is 4.81. The normalized spacial score (nSPS) is 9.41. The van der Waals surface area contributed by atoms with Crippen LogP contribution in [0, 0.1) is 0 Å². The highest BCUT2D eigenvalue weighted by atomic mass is 16.5. The molecule has 1 rings (SSSR count). The molecule has 0 fully saturated rings. The van der Waals surface area contributed by atoms with E-state index in [-0.39, 0.29) is 6.61 Å². The Morgan fingerprint density at radius 1 is 1.29 bits per heavy atom. The van der Waals surface area contributed by atoms with Crippen LogP contribution in [0.2, 0.25) is 0 Å². The van der Waals surface area contributed by atoms with Crippen molar-refractivity contribution in [3.8, 4) is 0 Å². The van der Waals surface area contributed by atoms with Crippen molar-refractivity contribution in [1.82, 2.24) is 0 Å². The Balaban J connectivity index is 2.77. The molecule has 0 aliphatic rings. The first kappa shape index (κ1) is 12.8. The van der Waals surface area contributed by atoms with Crippen LogP contribution in [0.4, 0.5) is 0 Å². The molecule has 1 aromatic carbocycles. The van der Waals surface area contributed by atoms with E-state index in [9.17, 15) is 14.4 Å². The molecule has 0 spiro atoms. The molecule has 0 aliphatic carbocycles. The van der Waals surface area contributed by atoms with E-state index in [1.165, 1.54) is 0 Å². The van der Waals surface area contributed by atoms with Gasteiger partial charge in [-0.05, 0) is 5.56 Å². The molecule has 0 aromatic heterocycles. The summed E-state index contributed by atoms with van der Waals surface area (Å²) >= 11 is 0. The molecule has 1 aromatic rings. The number of aldehydes is 2. The molecule has 0 saturated heterocycles. The third kappa shape index (κ3) is 3.38. The first-order valence-corrected chi connectivity index (χ1v) is 5.04. The summed E-state index contributed by atoms with van der Waals surface area (Å²) in [6, 6.07) is 4.97. The SMILES string of the molecule is C=CC(=O)OCCc1cccc(C=O)c1C=O. The fourth-order valence-corrected chi connectivity index (χ4v) is 1.42. The summed E-state index contributed by atoms with van der Waals surface area (Å²) < 4.78 is 4.81. The van der Waals surface area contributed by atoms with E-state index < -0.39 is 5.97 Å². The van der Waals surface area contributed by atoms with Crippen LogP contribution in [0.1, 0.15) is 26.3 Å². The second kappa shape index (κ2) is 6.37. The van der Waals surface area contributed by atoms with Crippen molar-refractivity contribution in [2.24, 2.45) is 0 Å². The van der Waals surface area contributed by atoms with E-state index in [4.69, 9.17) is 4.74 Å². The van der Waals surface area contributed by atoms with E-state index in [2.05, 4.69) is 6.58 Å². The maximum atomic E-state index is 10.9. The molecule has 0 aliphatic heterocycles. The molecular weight excluding hydrogens is 220 g/mol. The number of benzene rings is 1. The third-order valence-electron chi connectivity index (χ3n) is 2.26. The molecule has 0 unspecified atom stereocenters. The fraction of sp³-hybridized carbons (Fsp3) is 0.154. The molecule has 0 radical (unpaired) electrons. The van der Waals surface area contributed by atoms with Gasteiger partial charge in [0.05, 0.1) is 6.61 Å². The standard InChI is InChI=1S/C13H12O4/c1-2-13(16)17-7-6-10-4-3-5-11(8-14)12(10)9-15/h2-5,8-9H,1,6-7H2. The Morgan fingerprint density at radius 2 is 2.06 bits per heavy atom. The van der Waals surface area contributed by atoms with Crippen LogP contribution in [0.3, 0.4) is 0 Å². The first-order valence-electron chi connectivity index (χ1n) is 5.04. The van der Waals surface area contributed by atoms with Crippen LogP contribution in [-0.4, -0.2) is 25.1 Å². The number of ether oxygens (including phenoxy) is 1. The van der Waals surface area contributed by atoms with Gasteiger partial charge in [0.2, 0.25) is 0 Å². The van der Waals surface area contributed by atoms with Gasteiger partial charge in [0.1, 0.15) is 0 Å². The summed E-state index contributed by atoms with van der Waals surface area (Å²) in [4.78, 5) is 32.4. The molecule has 0 amide bonds. The fourth-order valence-electron chi connectivity index (χ4n) is 1.42. The maximum absolute atomic E-state index is 10.9. The molecule has 0 heterocycles. The van der Waals surface area contributed by atoms with Crippen molar-refractivity contribution >= 4 is 18.5 Å². The van der Waals surface area contributed by atoms with Gasteiger partial charge in [-0.1, -0.05) is 24.8 Å². The number of hydrogen-bond acceptors (Lipinski definition) is 4. The van der Waals surface area contributed by atoms with E-state index in [1.54, 1.807) is 18.2 Å². The largest absolute Gasteiger partial charge is 0.462 e.